The van der Waals surface area contributed by atoms with Gasteiger partial charge in [0.15, 0.2) is 17.4 Å². The van der Waals surface area contributed by atoms with Gasteiger partial charge in [-0.2, -0.15) is 8.78 Å². The number of allylic oxidation sites excluding steroid dienone is 2. The van der Waals surface area contributed by atoms with E-state index in [-0.39, 0.29) is 17.2 Å². The Hall–Kier alpha value is -3.42. The van der Waals surface area contributed by atoms with Gasteiger partial charge in [0.25, 0.3) is 0 Å². The Labute approximate surface area is 211 Å². The van der Waals surface area contributed by atoms with Crippen LogP contribution in [0.5, 0.6) is 11.5 Å². The van der Waals surface area contributed by atoms with Crippen LogP contribution >= 0.6 is 0 Å². The molecule has 3 aromatic rings. The highest BCUT2D eigenvalue weighted by Gasteiger charge is 2.38. The minimum atomic E-state index is -3.95. The van der Waals surface area contributed by atoms with Crippen LogP contribution in [0.3, 0.4) is 0 Å². The van der Waals surface area contributed by atoms with Crippen LogP contribution < -0.4 is 9.47 Å². The van der Waals surface area contributed by atoms with E-state index in [0.29, 0.717) is 17.0 Å². The number of ether oxygens (including phenoxy) is 2. The molecule has 0 aliphatic heterocycles. The molecule has 0 saturated heterocycles. The van der Waals surface area contributed by atoms with Crippen molar-refractivity contribution in [3.63, 3.8) is 0 Å². The highest BCUT2D eigenvalue weighted by molar-refractivity contribution is 5.65. The van der Waals surface area contributed by atoms with Gasteiger partial charge in [-0.3, -0.25) is 0 Å². The Morgan fingerprint density at radius 3 is 2.05 bits per heavy atom. The number of hydrogen-bond donors (Lipinski definition) is 0. The molecule has 1 saturated carbocycles. The molecule has 0 heterocycles. The number of alkyl halides is 3. The Morgan fingerprint density at radius 1 is 0.838 bits per heavy atom. The van der Waals surface area contributed by atoms with Crippen molar-refractivity contribution in [3.8, 4) is 22.6 Å². The zero-order chi connectivity index (χ0) is 26.6. The van der Waals surface area contributed by atoms with Gasteiger partial charge in [-0.15, -0.1) is 0 Å². The first-order valence-electron chi connectivity index (χ1n) is 12.0. The highest BCUT2D eigenvalue weighted by atomic mass is 19.3. The minimum absolute atomic E-state index is 0.0842. The van der Waals surface area contributed by atoms with E-state index in [1.54, 1.807) is 0 Å². The molecule has 1 aliphatic carbocycles. The molecule has 196 valence electrons. The van der Waals surface area contributed by atoms with E-state index in [4.69, 9.17) is 4.74 Å². The summed E-state index contributed by atoms with van der Waals surface area (Å²) in [7, 11) is 0. The molecule has 0 spiro atoms. The molecular weight excluding hydrogens is 494 g/mol. The summed E-state index contributed by atoms with van der Waals surface area (Å²) in [6, 6.07) is 10.6. The number of benzene rings is 3. The summed E-state index contributed by atoms with van der Waals surface area (Å²) in [4.78, 5) is 0. The Kier molecular flexibility index (Phi) is 8.15. The first-order valence-corrected chi connectivity index (χ1v) is 12.0. The average Bonchev–Trinajstić information content (AvgIpc) is 2.87. The molecule has 0 unspecified atom stereocenters. The molecule has 3 aromatic carbocycles. The maximum absolute atomic E-state index is 14.8. The van der Waals surface area contributed by atoms with E-state index in [1.165, 1.54) is 30.3 Å². The van der Waals surface area contributed by atoms with Crippen LogP contribution in [0.15, 0.2) is 66.7 Å². The van der Waals surface area contributed by atoms with Crippen LogP contribution in [-0.2, 0) is 6.11 Å². The molecule has 1 aliphatic rings. The number of rotatable bonds is 8. The van der Waals surface area contributed by atoms with Gasteiger partial charge in [0, 0.05) is 0 Å². The summed E-state index contributed by atoms with van der Waals surface area (Å²) in [6.45, 7) is 0.582. The molecule has 0 N–H and O–H groups in total. The monoisotopic (exact) mass is 520 g/mol. The van der Waals surface area contributed by atoms with Crippen molar-refractivity contribution in [3.05, 3.63) is 95.3 Å². The van der Waals surface area contributed by atoms with E-state index >= 15 is 0 Å². The fraction of sp³-hybridized carbons (Fsp3) is 0.310. The third-order valence-corrected chi connectivity index (χ3v) is 6.65. The van der Waals surface area contributed by atoms with Crippen molar-refractivity contribution >= 4 is 0 Å². The van der Waals surface area contributed by atoms with Crippen LogP contribution in [0.25, 0.3) is 11.1 Å². The Balaban J connectivity index is 1.46. The molecule has 1 fully saturated rings. The first kappa shape index (κ1) is 26.6. The lowest BCUT2D eigenvalue weighted by Crippen LogP contribution is -2.23. The van der Waals surface area contributed by atoms with Crippen LogP contribution in [0.2, 0.25) is 0 Å². The van der Waals surface area contributed by atoms with Crippen LogP contribution in [0.4, 0.5) is 26.3 Å². The summed E-state index contributed by atoms with van der Waals surface area (Å²) in [6.07, 6.45) is 3.93. The van der Waals surface area contributed by atoms with Gasteiger partial charge < -0.3 is 9.47 Å². The van der Waals surface area contributed by atoms with Gasteiger partial charge in [0.1, 0.15) is 11.6 Å². The first-order chi connectivity index (χ1) is 17.7. The molecule has 0 amide bonds. The summed E-state index contributed by atoms with van der Waals surface area (Å²) < 4.78 is 93.8. The number of halogens is 6. The zero-order valence-electron chi connectivity index (χ0n) is 20.1. The lowest BCUT2D eigenvalue weighted by atomic mass is 9.78. The van der Waals surface area contributed by atoms with Crippen molar-refractivity contribution < 1.29 is 35.8 Å². The fourth-order valence-corrected chi connectivity index (χ4v) is 4.78. The molecule has 37 heavy (non-hydrogen) atoms. The molecule has 0 bridgehead atoms. The van der Waals surface area contributed by atoms with Gasteiger partial charge in [0.05, 0.1) is 5.56 Å². The summed E-state index contributed by atoms with van der Waals surface area (Å²) in [5, 5.41) is 0. The SMILES string of the molecule is C/C=C/C1CCC(c2ccc(C(F)(F)Oc3ccc(-c4cc(F)c(OCF)c(F)c4)cc3)c(F)c2)CC1. The van der Waals surface area contributed by atoms with E-state index in [2.05, 4.69) is 10.8 Å². The molecule has 0 radical (unpaired) electrons. The van der Waals surface area contributed by atoms with E-state index in [9.17, 15) is 26.3 Å². The lowest BCUT2D eigenvalue weighted by molar-refractivity contribution is -0.187. The fourth-order valence-electron chi connectivity index (χ4n) is 4.78. The molecule has 4 rings (SSSR count). The molecular formula is C29H26F6O2. The molecule has 0 atom stereocenters. The minimum Gasteiger partial charge on any atom is -0.457 e. The van der Waals surface area contributed by atoms with Crippen molar-refractivity contribution in [1.82, 2.24) is 0 Å². The zero-order valence-corrected chi connectivity index (χ0v) is 20.1. The second kappa shape index (κ2) is 11.3. The van der Waals surface area contributed by atoms with Crippen molar-refractivity contribution in [2.75, 3.05) is 6.86 Å². The second-order valence-corrected chi connectivity index (χ2v) is 9.04. The standard InChI is InChI=1S/C29H26F6O2/c1-2-3-18-4-6-19(7-5-18)21-10-13-24(25(31)14-21)29(34,35)37-23-11-8-20(9-12-23)22-15-26(32)28(36-17-30)27(33)16-22/h2-3,8-16,18-19H,4-7,17H2,1H3/b3-2+. The Morgan fingerprint density at radius 2 is 1.49 bits per heavy atom. The van der Waals surface area contributed by atoms with E-state index in [0.717, 1.165) is 49.9 Å². The summed E-state index contributed by atoms with van der Waals surface area (Å²) in [5.74, 6) is -3.75. The average molecular weight is 521 g/mol. The molecule has 2 nitrogen and oxygen atoms in total. The van der Waals surface area contributed by atoms with Crippen molar-refractivity contribution in [1.29, 1.82) is 0 Å². The maximum Gasteiger partial charge on any atom is 0.429 e. The highest BCUT2D eigenvalue weighted by Crippen LogP contribution is 2.39. The van der Waals surface area contributed by atoms with Crippen molar-refractivity contribution in [2.45, 2.75) is 44.6 Å². The second-order valence-electron chi connectivity index (χ2n) is 9.04. The predicted molar refractivity (Wildman–Crippen MR) is 129 cm³/mol. The third-order valence-electron chi connectivity index (χ3n) is 6.65. The quantitative estimate of drug-likeness (QED) is 0.218. The van der Waals surface area contributed by atoms with E-state index in [1.807, 2.05) is 13.0 Å². The molecule has 8 heteroatoms. The molecule has 0 aromatic heterocycles. The van der Waals surface area contributed by atoms with Gasteiger partial charge in [-0.05, 0) is 97.5 Å². The summed E-state index contributed by atoms with van der Waals surface area (Å²) in [5.41, 5.74) is 0.194. The van der Waals surface area contributed by atoms with Crippen LogP contribution in [0.1, 0.15) is 49.7 Å². The normalized spacial score (nSPS) is 18.2. The van der Waals surface area contributed by atoms with Crippen LogP contribution in [0, 0.1) is 23.4 Å². The van der Waals surface area contributed by atoms with Crippen LogP contribution in [-0.4, -0.2) is 6.86 Å². The Bertz CT molecular complexity index is 1220. The lowest BCUT2D eigenvalue weighted by Gasteiger charge is -2.27. The maximum atomic E-state index is 14.8. The van der Waals surface area contributed by atoms with E-state index < -0.39 is 41.7 Å². The number of hydrogen-bond acceptors (Lipinski definition) is 2. The van der Waals surface area contributed by atoms with Gasteiger partial charge in [0.2, 0.25) is 6.86 Å². The van der Waals surface area contributed by atoms with Gasteiger partial charge in [-0.25, -0.2) is 17.6 Å². The third kappa shape index (κ3) is 6.12. The van der Waals surface area contributed by atoms with Gasteiger partial charge >= 0.3 is 6.11 Å². The largest absolute Gasteiger partial charge is 0.457 e. The van der Waals surface area contributed by atoms with Gasteiger partial charge in [-0.1, -0.05) is 30.4 Å². The topological polar surface area (TPSA) is 18.5 Å². The van der Waals surface area contributed by atoms with Crippen molar-refractivity contribution in [2.24, 2.45) is 5.92 Å². The summed E-state index contributed by atoms with van der Waals surface area (Å²) >= 11 is 0. The predicted octanol–water partition coefficient (Wildman–Crippen LogP) is 9.05. The smallest absolute Gasteiger partial charge is 0.429 e.